The molecule has 0 aromatic carbocycles. The Balaban J connectivity index is 3.57. The lowest BCUT2D eigenvalue weighted by atomic mass is 10.0. The van der Waals surface area contributed by atoms with Gasteiger partial charge >= 0.3 is 5.97 Å². The van der Waals surface area contributed by atoms with E-state index in [2.05, 4.69) is 6.92 Å². The fraction of sp³-hybridized carbons (Fsp3) is 0.909. The highest BCUT2D eigenvalue weighted by atomic mass is 16.4. The third kappa shape index (κ3) is 16.8. The Bertz CT molecular complexity index is 397. The molecule has 0 aliphatic rings. The van der Waals surface area contributed by atoms with E-state index in [4.69, 9.17) is 5.11 Å². The number of carboxylic acid groups (broad SMARTS) is 1. The van der Waals surface area contributed by atoms with Gasteiger partial charge in [0.2, 0.25) is 0 Å². The molecule has 0 spiro atoms. The first-order valence-corrected chi connectivity index (χ1v) is 11.1. The van der Waals surface area contributed by atoms with Gasteiger partial charge in [0.05, 0.1) is 20.6 Å². The Morgan fingerprint density at radius 3 is 1.59 bits per heavy atom. The summed E-state index contributed by atoms with van der Waals surface area (Å²) in [7, 11) is 5.65. The van der Waals surface area contributed by atoms with Crippen LogP contribution in [0.15, 0.2) is 0 Å². The first-order chi connectivity index (χ1) is 12.8. The fourth-order valence-corrected chi connectivity index (χ4v) is 3.41. The second-order valence-electron chi connectivity index (χ2n) is 8.70. The molecule has 0 rings (SSSR count). The first kappa shape index (κ1) is 25.9. The quantitative estimate of drug-likeness (QED) is 0.275. The van der Waals surface area contributed by atoms with Gasteiger partial charge in [-0.15, -0.1) is 0 Å². The zero-order valence-electron chi connectivity index (χ0n) is 18.5. The lowest BCUT2D eigenvalue weighted by molar-refractivity contribution is -0.882. The fourth-order valence-electron chi connectivity index (χ4n) is 3.41. The van der Waals surface area contributed by atoms with Crippen molar-refractivity contribution in [3.8, 4) is 0 Å². The van der Waals surface area contributed by atoms with Crippen LogP contribution in [0.5, 0.6) is 0 Å². The van der Waals surface area contributed by atoms with Gasteiger partial charge in [-0.05, 0) is 12.8 Å². The average Bonchev–Trinajstić information content (AvgIpc) is 2.58. The standard InChI is InChI=1S/C22H44N2O3/c1-5-6-7-8-9-10-11-12-13-14-15-16-17-18-24(3,4)20-21(25)23(2)19-22(26)27/h5-20H2,1-4H3/p+1. The molecule has 0 bridgehead atoms. The Hall–Kier alpha value is -1.10. The summed E-state index contributed by atoms with van der Waals surface area (Å²) in [4.78, 5) is 24.1. The van der Waals surface area contributed by atoms with E-state index in [1.165, 1.54) is 81.9 Å². The van der Waals surface area contributed by atoms with Gasteiger partial charge in [-0.3, -0.25) is 9.59 Å². The summed E-state index contributed by atoms with van der Waals surface area (Å²) in [5.74, 6) is -1.07. The number of nitrogens with zero attached hydrogens (tertiary/aromatic N) is 2. The van der Waals surface area contributed by atoms with Crippen molar-refractivity contribution >= 4 is 11.9 Å². The van der Waals surface area contributed by atoms with Crippen LogP contribution < -0.4 is 0 Å². The van der Waals surface area contributed by atoms with Crippen LogP contribution in [0.25, 0.3) is 0 Å². The van der Waals surface area contributed by atoms with Crippen molar-refractivity contribution in [1.29, 1.82) is 0 Å². The smallest absolute Gasteiger partial charge is 0.323 e. The minimum absolute atomic E-state index is 0.0999. The number of hydrogen-bond donors (Lipinski definition) is 1. The molecule has 0 atom stereocenters. The summed E-state index contributed by atoms with van der Waals surface area (Å²) in [6.45, 7) is 3.37. The summed E-state index contributed by atoms with van der Waals surface area (Å²) in [5, 5.41) is 8.77. The van der Waals surface area contributed by atoms with Crippen LogP contribution in [0, 0.1) is 0 Å². The van der Waals surface area contributed by atoms with Gasteiger partial charge in [0, 0.05) is 7.05 Å². The molecule has 0 heterocycles. The first-order valence-electron chi connectivity index (χ1n) is 11.1. The Morgan fingerprint density at radius 2 is 1.19 bits per heavy atom. The lowest BCUT2D eigenvalue weighted by Gasteiger charge is -2.30. The Kier molecular flexibility index (Phi) is 15.3. The molecule has 0 saturated heterocycles. The predicted molar refractivity (Wildman–Crippen MR) is 113 cm³/mol. The third-order valence-electron chi connectivity index (χ3n) is 5.23. The number of rotatable bonds is 18. The van der Waals surface area contributed by atoms with Gasteiger partial charge in [-0.2, -0.15) is 0 Å². The maximum atomic E-state index is 12.1. The zero-order valence-corrected chi connectivity index (χ0v) is 18.5. The van der Waals surface area contributed by atoms with Crippen LogP contribution in [-0.2, 0) is 9.59 Å². The second kappa shape index (κ2) is 15.9. The molecular weight excluding hydrogens is 340 g/mol. The second-order valence-corrected chi connectivity index (χ2v) is 8.70. The van der Waals surface area contributed by atoms with Crippen molar-refractivity contribution in [3.05, 3.63) is 0 Å². The van der Waals surface area contributed by atoms with Gasteiger partial charge in [0.25, 0.3) is 5.91 Å². The van der Waals surface area contributed by atoms with Crippen LogP contribution in [0.2, 0.25) is 0 Å². The summed E-state index contributed by atoms with van der Waals surface area (Å²) < 4.78 is 0.626. The highest BCUT2D eigenvalue weighted by molar-refractivity contribution is 5.81. The van der Waals surface area contributed by atoms with Crippen molar-refractivity contribution in [3.63, 3.8) is 0 Å². The maximum Gasteiger partial charge on any atom is 0.323 e. The van der Waals surface area contributed by atoms with Gasteiger partial charge in [-0.25, -0.2) is 0 Å². The van der Waals surface area contributed by atoms with E-state index in [-0.39, 0.29) is 12.5 Å². The molecule has 0 aliphatic carbocycles. The highest BCUT2D eigenvalue weighted by Gasteiger charge is 2.23. The lowest BCUT2D eigenvalue weighted by Crippen LogP contribution is -2.49. The van der Waals surface area contributed by atoms with Crippen molar-refractivity contribution in [1.82, 2.24) is 4.90 Å². The van der Waals surface area contributed by atoms with E-state index in [1.807, 2.05) is 14.1 Å². The molecule has 0 radical (unpaired) electrons. The SMILES string of the molecule is CCCCCCCCCCCCCCC[N+](C)(C)CC(=O)N(C)CC(=O)O. The molecule has 160 valence electrons. The van der Waals surface area contributed by atoms with Crippen molar-refractivity contribution in [2.75, 3.05) is 40.8 Å². The number of amides is 1. The molecule has 0 aromatic heterocycles. The van der Waals surface area contributed by atoms with Crippen molar-refractivity contribution in [2.45, 2.75) is 90.4 Å². The van der Waals surface area contributed by atoms with Gasteiger partial charge < -0.3 is 14.5 Å². The number of carbonyl (C=O) groups excluding carboxylic acids is 1. The summed E-state index contributed by atoms with van der Waals surface area (Å²) in [6.07, 6.45) is 17.4. The van der Waals surface area contributed by atoms with E-state index in [9.17, 15) is 9.59 Å². The van der Waals surface area contributed by atoms with Crippen LogP contribution in [0.3, 0.4) is 0 Å². The third-order valence-corrected chi connectivity index (χ3v) is 5.23. The van der Waals surface area contributed by atoms with Crippen molar-refractivity contribution < 1.29 is 19.2 Å². The summed E-state index contributed by atoms with van der Waals surface area (Å²) >= 11 is 0. The minimum Gasteiger partial charge on any atom is -0.480 e. The molecule has 5 nitrogen and oxygen atoms in total. The normalized spacial score (nSPS) is 11.6. The van der Waals surface area contributed by atoms with Gasteiger partial charge in [-0.1, -0.05) is 77.6 Å². The minimum atomic E-state index is -0.965. The Labute approximate surface area is 167 Å². The highest BCUT2D eigenvalue weighted by Crippen LogP contribution is 2.13. The van der Waals surface area contributed by atoms with Crippen molar-refractivity contribution in [2.24, 2.45) is 0 Å². The molecule has 0 aromatic rings. The number of hydrogen-bond acceptors (Lipinski definition) is 2. The van der Waals surface area contributed by atoms with Gasteiger partial charge in [0.15, 0.2) is 6.54 Å². The Morgan fingerprint density at radius 1 is 0.778 bits per heavy atom. The van der Waals surface area contributed by atoms with Gasteiger partial charge in [0.1, 0.15) is 6.54 Å². The van der Waals surface area contributed by atoms with E-state index in [1.54, 1.807) is 7.05 Å². The molecule has 1 N–H and O–H groups in total. The number of carboxylic acids is 1. The van der Waals surface area contributed by atoms with E-state index < -0.39 is 5.97 Å². The molecule has 27 heavy (non-hydrogen) atoms. The van der Waals surface area contributed by atoms with Crippen LogP contribution >= 0.6 is 0 Å². The van der Waals surface area contributed by atoms with Crippen LogP contribution in [0.4, 0.5) is 0 Å². The summed E-state index contributed by atoms with van der Waals surface area (Å²) in [6, 6.07) is 0. The van der Waals surface area contributed by atoms with E-state index in [0.717, 1.165) is 13.0 Å². The number of quaternary nitrogens is 1. The molecule has 0 fully saturated rings. The number of aliphatic carboxylic acids is 1. The van der Waals surface area contributed by atoms with Crippen LogP contribution in [-0.4, -0.2) is 67.1 Å². The maximum absolute atomic E-state index is 12.1. The number of likely N-dealkylation sites (N-methyl/N-ethyl adjacent to an activating group) is 2. The molecule has 0 saturated carbocycles. The molecular formula is C22H45N2O3+. The molecule has 1 amide bonds. The zero-order chi connectivity index (χ0) is 20.5. The largest absolute Gasteiger partial charge is 0.480 e. The van der Waals surface area contributed by atoms with Crippen LogP contribution in [0.1, 0.15) is 90.4 Å². The number of carbonyl (C=O) groups is 2. The van der Waals surface area contributed by atoms with E-state index in [0.29, 0.717) is 11.0 Å². The number of unbranched alkanes of at least 4 members (excludes halogenated alkanes) is 12. The summed E-state index contributed by atoms with van der Waals surface area (Å²) in [5.41, 5.74) is 0. The van der Waals surface area contributed by atoms with E-state index >= 15 is 0 Å². The predicted octanol–water partition coefficient (Wildman–Crippen LogP) is 4.70. The average molecular weight is 386 g/mol. The molecule has 0 aliphatic heterocycles. The molecule has 0 unspecified atom stereocenters. The monoisotopic (exact) mass is 385 g/mol. The molecule has 5 heteroatoms. The topological polar surface area (TPSA) is 57.6 Å².